The molecule has 28 heavy (non-hydrogen) atoms. The Labute approximate surface area is 176 Å². The van der Waals surface area contributed by atoms with Crippen LogP contribution in [-0.4, -0.2) is 21.2 Å². The first kappa shape index (κ1) is 20.6. The van der Waals surface area contributed by atoms with E-state index < -0.39 is 0 Å². The summed E-state index contributed by atoms with van der Waals surface area (Å²) >= 11 is 8.89. The quantitative estimate of drug-likeness (QED) is 0.339. The normalized spacial score (nSPS) is 11.0. The molecule has 1 N–H and O–H groups in total. The second-order valence-electron chi connectivity index (χ2n) is 6.38. The number of amides is 1. The smallest absolute Gasteiger partial charge is 0.263 e. The molecule has 0 aliphatic carbocycles. The molecular weight excluding hydrogens is 414 g/mol. The Morgan fingerprint density at radius 3 is 2.82 bits per heavy atom. The fourth-order valence-corrected chi connectivity index (χ4v) is 4.91. The summed E-state index contributed by atoms with van der Waals surface area (Å²) in [6.45, 7) is 9.90. The van der Waals surface area contributed by atoms with Crippen molar-refractivity contribution in [1.29, 1.82) is 0 Å². The lowest BCUT2D eigenvalue weighted by molar-refractivity contribution is -0.113. The van der Waals surface area contributed by atoms with Crippen molar-refractivity contribution >= 4 is 56.5 Å². The highest BCUT2D eigenvalue weighted by Gasteiger charge is 2.17. The molecule has 3 aromatic rings. The zero-order valence-electron chi connectivity index (χ0n) is 15.8. The van der Waals surface area contributed by atoms with Crippen LogP contribution in [-0.2, 0) is 11.3 Å². The molecule has 0 aliphatic rings. The summed E-state index contributed by atoms with van der Waals surface area (Å²) < 4.78 is 1.56. The first-order valence-electron chi connectivity index (χ1n) is 8.62. The molecule has 0 aliphatic heterocycles. The van der Waals surface area contributed by atoms with E-state index in [2.05, 4.69) is 16.9 Å². The number of benzene rings is 1. The summed E-state index contributed by atoms with van der Waals surface area (Å²) in [7, 11) is 0. The van der Waals surface area contributed by atoms with E-state index in [1.54, 1.807) is 22.8 Å². The van der Waals surface area contributed by atoms with Crippen LogP contribution in [0.15, 0.2) is 40.8 Å². The number of rotatable bonds is 6. The molecule has 3 rings (SSSR count). The zero-order chi connectivity index (χ0) is 20.4. The van der Waals surface area contributed by atoms with Gasteiger partial charge in [0.05, 0.1) is 21.8 Å². The average Bonchev–Trinajstić information content (AvgIpc) is 2.92. The van der Waals surface area contributed by atoms with Crippen LogP contribution in [0.25, 0.3) is 10.2 Å². The summed E-state index contributed by atoms with van der Waals surface area (Å²) in [5, 5.41) is 4.44. The fourth-order valence-electron chi connectivity index (χ4n) is 2.75. The maximum absolute atomic E-state index is 12.9. The summed E-state index contributed by atoms with van der Waals surface area (Å²) in [5.41, 5.74) is 2.44. The summed E-state index contributed by atoms with van der Waals surface area (Å²) in [6.07, 6.45) is 1.65. The molecule has 0 spiro atoms. The van der Waals surface area contributed by atoms with Gasteiger partial charge in [-0.15, -0.1) is 17.9 Å². The number of aryl methyl sites for hydroxylation is 3. The molecule has 0 unspecified atom stereocenters. The average molecular weight is 434 g/mol. The van der Waals surface area contributed by atoms with Gasteiger partial charge in [0.1, 0.15) is 4.83 Å². The van der Waals surface area contributed by atoms with Gasteiger partial charge in [-0.1, -0.05) is 35.5 Å². The predicted octanol–water partition coefficient (Wildman–Crippen LogP) is 4.95. The summed E-state index contributed by atoms with van der Waals surface area (Å²) in [5.74, 6) is -0.100. The minimum Gasteiger partial charge on any atom is -0.324 e. The molecule has 5 nitrogen and oxygen atoms in total. The van der Waals surface area contributed by atoms with E-state index in [0.29, 0.717) is 32.6 Å². The molecule has 0 fully saturated rings. The Kier molecular flexibility index (Phi) is 6.27. The molecule has 0 bridgehead atoms. The van der Waals surface area contributed by atoms with Gasteiger partial charge in [0.25, 0.3) is 5.56 Å². The Balaban J connectivity index is 1.85. The van der Waals surface area contributed by atoms with E-state index in [1.807, 2.05) is 26.8 Å². The number of nitrogens with zero attached hydrogens (tertiary/aromatic N) is 2. The van der Waals surface area contributed by atoms with Crippen LogP contribution >= 0.6 is 34.7 Å². The van der Waals surface area contributed by atoms with Crippen LogP contribution < -0.4 is 10.9 Å². The van der Waals surface area contributed by atoms with Gasteiger partial charge in [0.15, 0.2) is 5.16 Å². The number of carbonyl (C=O) groups excluding carboxylic acids is 1. The van der Waals surface area contributed by atoms with Gasteiger partial charge in [-0.3, -0.25) is 14.2 Å². The van der Waals surface area contributed by atoms with Gasteiger partial charge in [0, 0.05) is 11.4 Å². The Hall–Kier alpha value is -2.09. The highest BCUT2D eigenvalue weighted by atomic mass is 35.5. The number of aromatic nitrogens is 2. The molecule has 2 heterocycles. The van der Waals surface area contributed by atoms with Crippen LogP contribution in [0.5, 0.6) is 0 Å². The molecule has 2 aromatic heterocycles. The number of halogens is 1. The SMILES string of the molecule is C=CCn1c(SCC(=O)Nc2ccc(C)cc2Cl)nc2sc(C)c(C)c2c1=O. The lowest BCUT2D eigenvalue weighted by atomic mass is 10.2. The van der Waals surface area contributed by atoms with E-state index >= 15 is 0 Å². The first-order chi connectivity index (χ1) is 13.3. The highest BCUT2D eigenvalue weighted by molar-refractivity contribution is 7.99. The topological polar surface area (TPSA) is 64.0 Å². The monoisotopic (exact) mass is 433 g/mol. The van der Waals surface area contributed by atoms with Crippen molar-refractivity contribution in [3.05, 3.63) is 62.2 Å². The third-order valence-electron chi connectivity index (χ3n) is 4.30. The molecule has 0 atom stereocenters. The summed E-state index contributed by atoms with van der Waals surface area (Å²) in [6, 6.07) is 5.45. The lowest BCUT2D eigenvalue weighted by Gasteiger charge is -2.11. The van der Waals surface area contributed by atoms with Gasteiger partial charge in [-0.2, -0.15) is 0 Å². The minimum absolute atomic E-state index is 0.101. The molecule has 0 radical (unpaired) electrons. The third kappa shape index (κ3) is 4.16. The molecular formula is C20H20ClN3O2S2. The second kappa shape index (κ2) is 8.51. The number of nitrogens with one attached hydrogen (secondary N) is 1. The van der Waals surface area contributed by atoms with Gasteiger partial charge in [-0.05, 0) is 44.0 Å². The van der Waals surface area contributed by atoms with Crippen molar-refractivity contribution in [2.75, 3.05) is 11.1 Å². The predicted molar refractivity (Wildman–Crippen MR) is 119 cm³/mol. The largest absolute Gasteiger partial charge is 0.324 e. The standard InChI is InChI=1S/C20H20ClN3O2S2/c1-5-8-24-19(26)17-12(3)13(4)28-18(17)23-20(24)27-10-16(25)22-15-7-6-11(2)9-14(15)21/h5-7,9H,1,8,10H2,2-4H3,(H,22,25). The lowest BCUT2D eigenvalue weighted by Crippen LogP contribution is -2.23. The number of fused-ring (bicyclic) bond motifs is 1. The van der Waals surface area contributed by atoms with E-state index in [-0.39, 0.29) is 17.2 Å². The van der Waals surface area contributed by atoms with Gasteiger partial charge in [-0.25, -0.2) is 4.98 Å². The summed E-state index contributed by atoms with van der Waals surface area (Å²) in [4.78, 5) is 31.7. The molecule has 8 heteroatoms. The van der Waals surface area contributed by atoms with Crippen molar-refractivity contribution in [3.63, 3.8) is 0 Å². The molecule has 146 valence electrons. The van der Waals surface area contributed by atoms with Crippen LogP contribution in [0.4, 0.5) is 5.69 Å². The number of thioether (sulfide) groups is 1. The maximum Gasteiger partial charge on any atom is 0.263 e. The molecule has 1 amide bonds. The highest BCUT2D eigenvalue weighted by Crippen LogP contribution is 2.29. The van der Waals surface area contributed by atoms with Crippen molar-refractivity contribution in [2.24, 2.45) is 0 Å². The van der Waals surface area contributed by atoms with Crippen molar-refractivity contribution < 1.29 is 4.79 Å². The number of allylic oxidation sites excluding steroid dienone is 1. The number of anilines is 1. The first-order valence-corrected chi connectivity index (χ1v) is 10.8. The van der Waals surface area contributed by atoms with Gasteiger partial charge >= 0.3 is 0 Å². The molecule has 1 aromatic carbocycles. The van der Waals surface area contributed by atoms with E-state index in [9.17, 15) is 9.59 Å². The maximum atomic E-state index is 12.9. The number of carbonyl (C=O) groups is 1. The zero-order valence-corrected chi connectivity index (χ0v) is 18.2. The minimum atomic E-state index is -0.214. The third-order valence-corrected chi connectivity index (χ3v) is 6.69. The van der Waals surface area contributed by atoms with Gasteiger partial charge in [0.2, 0.25) is 5.91 Å². The van der Waals surface area contributed by atoms with Crippen molar-refractivity contribution in [2.45, 2.75) is 32.5 Å². The van der Waals surface area contributed by atoms with Crippen molar-refractivity contribution in [3.8, 4) is 0 Å². The van der Waals surface area contributed by atoms with E-state index in [1.165, 1.54) is 23.1 Å². The van der Waals surface area contributed by atoms with E-state index in [4.69, 9.17) is 11.6 Å². The van der Waals surface area contributed by atoms with Crippen LogP contribution in [0.2, 0.25) is 5.02 Å². The number of thiophene rings is 1. The Morgan fingerprint density at radius 2 is 2.14 bits per heavy atom. The van der Waals surface area contributed by atoms with Crippen LogP contribution in [0.3, 0.4) is 0 Å². The van der Waals surface area contributed by atoms with E-state index in [0.717, 1.165) is 16.0 Å². The van der Waals surface area contributed by atoms with Crippen molar-refractivity contribution in [1.82, 2.24) is 9.55 Å². The Morgan fingerprint density at radius 1 is 1.39 bits per heavy atom. The van der Waals surface area contributed by atoms with Crippen LogP contribution in [0, 0.1) is 20.8 Å². The number of hydrogen-bond acceptors (Lipinski definition) is 5. The van der Waals surface area contributed by atoms with Gasteiger partial charge < -0.3 is 5.32 Å². The Bertz CT molecular complexity index is 1130. The molecule has 0 saturated heterocycles. The fraction of sp³-hybridized carbons (Fsp3) is 0.250. The number of hydrogen-bond donors (Lipinski definition) is 1. The van der Waals surface area contributed by atoms with Crippen LogP contribution in [0.1, 0.15) is 16.0 Å². The molecule has 0 saturated carbocycles. The second-order valence-corrected chi connectivity index (χ2v) is 8.94.